The summed E-state index contributed by atoms with van der Waals surface area (Å²) in [5.74, 6) is 0.779. The summed E-state index contributed by atoms with van der Waals surface area (Å²) in [7, 11) is 0. The highest BCUT2D eigenvalue weighted by Crippen LogP contribution is 2.47. The van der Waals surface area contributed by atoms with Crippen molar-refractivity contribution in [3.8, 4) is 0 Å². The van der Waals surface area contributed by atoms with Gasteiger partial charge in [-0.05, 0) is 12.8 Å². The Morgan fingerprint density at radius 2 is 2.55 bits per heavy atom. The predicted molar refractivity (Wildman–Crippen MR) is 37.6 cm³/mol. The van der Waals surface area contributed by atoms with Crippen molar-refractivity contribution in [3.05, 3.63) is 18.2 Å². The van der Waals surface area contributed by atoms with Gasteiger partial charge >= 0.3 is 0 Å². The van der Waals surface area contributed by atoms with Crippen LogP contribution in [0.3, 0.4) is 0 Å². The van der Waals surface area contributed by atoms with Gasteiger partial charge in [0.15, 0.2) is 0 Å². The third-order valence-corrected chi connectivity index (χ3v) is 1.92. The van der Waals surface area contributed by atoms with E-state index in [1.165, 1.54) is 0 Å². The number of aliphatic imine (C=N–C) groups is 1. The molecule has 56 valence electrons. The van der Waals surface area contributed by atoms with Crippen LogP contribution in [-0.4, -0.2) is 16.0 Å². The molecular formula is C7H7N3O. The lowest BCUT2D eigenvalue weighted by atomic mass is 10.3. The molecule has 1 aliphatic carbocycles. The maximum Gasteiger partial charge on any atom is 0.235 e. The number of H-pyrrole nitrogens is 1. The Bertz CT molecular complexity index is 293. The Hall–Kier alpha value is -1.41. The summed E-state index contributed by atoms with van der Waals surface area (Å²) < 4.78 is 0. The van der Waals surface area contributed by atoms with Gasteiger partial charge in [0.05, 0.1) is 0 Å². The molecule has 2 rings (SSSR count). The summed E-state index contributed by atoms with van der Waals surface area (Å²) in [6, 6.07) is 0. The first kappa shape index (κ1) is 6.31. The van der Waals surface area contributed by atoms with Gasteiger partial charge in [0.2, 0.25) is 6.08 Å². The van der Waals surface area contributed by atoms with Crippen molar-refractivity contribution in [1.29, 1.82) is 0 Å². The fourth-order valence-electron chi connectivity index (χ4n) is 1.13. The van der Waals surface area contributed by atoms with Crippen LogP contribution in [0.2, 0.25) is 0 Å². The summed E-state index contributed by atoms with van der Waals surface area (Å²) in [6.07, 6.45) is 6.77. The fraction of sp³-hybridized carbons (Fsp3) is 0.429. The number of nitrogens with one attached hydrogen (secondary N) is 1. The first-order valence-corrected chi connectivity index (χ1v) is 3.46. The SMILES string of the molecule is O=C=NC1(c2ncc[nH]2)CC1. The zero-order valence-electron chi connectivity index (χ0n) is 5.87. The number of isocyanates is 1. The van der Waals surface area contributed by atoms with E-state index in [1.54, 1.807) is 18.5 Å². The molecule has 4 nitrogen and oxygen atoms in total. The van der Waals surface area contributed by atoms with E-state index in [9.17, 15) is 4.79 Å². The number of carbonyl (C=O) groups excluding carboxylic acids is 1. The molecule has 0 atom stereocenters. The molecule has 1 fully saturated rings. The number of imidazole rings is 1. The second-order valence-corrected chi connectivity index (χ2v) is 2.67. The summed E-state index contributed by atoms with van der Waals surface area (Å²) in [5.41, 5.74) is -0.342. The van der Waals surface area contributed by atoms with E-state index in [4.69, 9.17) is 0 Å². The van der Waals surface area contributed by atoms with E-state index in [0.29, 0.717) is 0 Å². The van der Waals surface area contributed by atoms with Crippen LogP contribution in [0.15, 0.2) is 17.4 Å². The summed E-state index contributed by atoms with van der Waals surface area (Å²) in [5, 5.41) is 0. The third-order valence-electron chi connectivity index (χ3n) is 1.92. The smallest absolute Gasteiger partial charge is 0.235 e. The Morgan fingerprint density at radius 1 is 1.73 bits per heavy atom. The number of rotatable bonds is 2. The van der Waals surface area contributed by atoms with Crippen molar-refractivity contribution >= 4 is 6.08 Å². The Kier molecular flexibility index (Phi) is 1.17. The summed E-state index contributed by atoms with van der Waals surface area (Å²) in [4.78, 5) is 20.7. The Balaban J connectivity index is 2.35. The Labute approximate surface area is 63.4 Å². The third kappa shape index (κ3) is 0.880. The minimum absolute atomic E-state index is 0.342. The molecule has 4 heteroatoms. The van der Waals surface area contributed by atoms with Crippen LogP contribution in [0.4, 0.5) is 0 Å². The monoisotopic (exact) mass is 149 g/mol. The van der Waals surface area contributed by atoms with E-state index in [2.05, 4.69) is 15.0 Å². The molecule has 1 heterocycles. The first-order valence-electron chi connectivity index (χ1n) is 3.46. The van der Waals surface area contributed by atoms with Gasteiger partial charge in [-0.2, -0.15) is 4.99 Å². The molecule has 0 unspecified atom stereocenters. The molecule has 1 aliphatic rings. The van der Waals surface area contributed by atoms with Crippen LogP contribution in [0.25, 0.3) is 0 Å². The summed E-state index contributed by atoms with van der Waals surface area (Å²) in [6.45, 7) is 0. The average Bonchev–Trinajstić information content (AvgIpc) is 2.63. The van der Waals surface area contributed by atoms with Crippen LogP contribution in [0, 0.1) is 0 Å². The predicted octanol–water partition coefficient (Wildman–Crippen LogP) is 0.735. The zero-order chi connectivity index (χ0) is 7.73. The highest BCUT2D eigenvalue weighted by Gasteiger charge is 2.47. The highest BCUT2D eigenvalue weighted by atomic mass is 16.1. The quantitative estimate of drug-likeness (QED) is 0.498. The standard InChI is InChI=1S/C7H7N3O/c11-5-10-7(1-2-7)6-8-3-4-9-6/h3-4H,1-2H2,(H,8,9). The van der Waals surface area contributed by atoms with Gasteiger partial charge in [-0.15, -0.1) is 0 Å². The molecule has 11 heavy (non-hydrogen) atoms. The van der Waals surface area contributed by atoms with Crippen LogP contribution < -0.4 is 0 Å². The molecule has 1 saturated carbocycles. The van der Waals surface area contributed by atoms with Gasteiger partial charge in [-0.25, -0.2) is 9.78 Å². The van der Waals surface area contributed by atoms with Gasteiger partial charge in [-0.1, -0.05) is 0 Å². The van der Waals surface area contributed by atoms with Crippen LogP contribution in [0.5, 0.6) is 0 Å². The fourth-order valence-corrected chi connectivity index (χ4v) is 1.13. The average molecular weight is 149 g/mol. The van der Waals surface area contributed by atoms with E-state index in [-0.39, 0.29) is 5.54 Å². The van der Waals surface area contributed by atoms with Crippen LogP contribution in [0.1, 0.15) is 18.7 Å². The number of hydrogen-bond acceptors (Lipinski definition) is 3. The normalized spacial score (nSPS) is 18.9. The molecular weight excluding hydrogens is 142 g/mol. The molecule has 0 saturated heterocycles. The largest absolute Gasteiger partial charge is 0.347 e. The number of aromatic nitrogens is 2. The van der Waals surface area contributed by atoms with Crippen LogP contribution >= 0.6 is 0 Å². The van der Waals surface area contributed by atoms with Gasteiger partial charge in [0, 0.05) is 12.4 Å². The van der Waals surface area contributed by atoms with E-state index < -0.39 is 0 Å². The van der Waals surface area contributed by atoms with E-state index in [1.807, 2.05) is 0 Å². The number of nitrogens with zero attached hydrogens (tertiary/aromatic N) is 2. The van der Waals surface area contributed by atoms with Crippen molar-refractivity contribution < 1.29 is 4.79 Å². The van der Waals surface area contributed by atoms with Crippen molar-refractivity contribution in [2.24, 2.45) is 4.99 Å². The lowest BCUT2D eigenvalue weighted by molar-refractivity contribution is 0.553. The van der Waals surface area contributed by atoms with Crippen molar-refractivity contribution in [2.45, 2.75) is 18.4 Å². The van der Waals surface area contributed by atoms with E-state index in [0.717, 1.165) is 18.7 Å². The maximum atomic E-state index is 10.0. The van der Waals surface area contributed by atoms with Crippen molar-refractivity contribution in [3.63, 3.8) is 0 Å². The van der Waals surface area contributed by atoms with Gasteiger partial charge in [-0.3, -0.25) is 0 Å². The number of hydrogen-bond donors (Lipinski definition) is 1. The maximum absolute atomic E-state index is 10.0. The van der Waals surface area contributed by atoms with E-state index >= 15 is 0 Å². The topological polar surface area (TPSA) is 58.1 Å². The lowest BCUT2D eigenvalue weighted by Crippen LogP contribution is -2.04. The second-order valence-electron chi connectivity index (χ2n) is 2.67. The first-order chi connectivity index (χ1) is 5.37. The molecule has 0 amide bonds. The Morgan fingerprint density at radius 3 is 3.00 bits per heavy atom. The molecule has 1 N–H and O–H groups in total. The van der Waals surface area contributed by atoms with Gasteiger partial charge in [0.25, 0.3) is 0 Å². The highest BCUT2D eigenvalue weighted by molar-refractivity contribution is 5.38. The van der Waals surface area contributed by atoms with Crippen molar-refractivity contribution in [2.75, 3.05) is 0 Å². The molecule has 1 aromatic rings. The lowest BCUT2D eigenvalue weighted by Gasteiger charge is -2.00. The molecule has 0 radical (unpaired) electrons. The van der Waals surface area contributed by atoms with Gasteiger partial charge < -0.3 is 4.98 Å². The molecule has 1 aromatic heterocycles. The minimum atomic E-state index is -0.342. The second kappa shape index (κ2) is 2.04. The zero-order valence-corrected chi connectivity index (χ0v) is 5.87. The summed E-state index contributed by atoms with van der Waals surface area (Å²) >= 11 is 0. The van der Waals surface area contributed by atoms with Crippen LogP contribution in [-0.2, 0) is 10.3 Å². The van der Waals surface area contributed by atoms with Crippen molar-refractivity contribution in [1.82, 2.24) is 9.97 Å². The molecule has 0 aliphatic heterocycles. The molecule has 0 spiro atoms. The molecule has 0 bridgehead atoms. The minimum Gasteiger partial charge on any atom is -0.347 e. The van der Waals surface area contributed by atoms with Gasteiger partial charge in [0.1, 0.15) is 11.4 Å². The molecule has 0 aromatic carbocycles. The number of aromatic amines is 1.